The molecule has 0 heterocycles. The van der Waals surface area contributed by atoms with E-state index >= 15 is 0 Å². The normalized spacial score (nSPS) is 11.5. The van der Waals surface area contributed by atoms with Gasteiger partial charge in [-0.15, -0.1) is 0 Å². The summed E-state index contributed by atoms with van der Waals surface area (Å²) in [4.78, 5) is 11.1. The maximum atomic E-state index is 13.6. The molecule has 0 saturated heterocycles. The molecule has 0 aliphatic rings. The van der Waals surface area contributed by atoms with E-state index in [1.807, 2.05) is 13.8 Å². The molecule has 0 radical (unpaired) electrons. The van der Waals surface area contributed by atoms with Crippen LogP contribution in [-0.2, 0) is 14.8 Å². The fourth-order valence-electron chi connectivity index (χ4n) is 1.47. The van der Waals surface area contributed by atoms with Gasteiger partial charge in [-0.3, -0.25) is 4.79 Å². The van der Waals surface area contributed by atoms with Crippen molar-refractivity contribution in [2.75, 3.05) is 13.2 Å². The quantitative estimate of drug-likeness (QED) is 0.784. The van der Waals surface area contributed by atoms with Gasteiger partial charge < -0.3 is 10.1 Å². The average Bonchev–Trinajstić information content (AvgIpc) is 2.35. The highest BCUT2D eigenvalue weighted by molar-refractivity contribution is 7.89. The molecule has 1 rings (SSSR count). The summed E-state index contributed by atoms with van der Waals surface area (Å²) < 4.78 is 40.7. The summed E-state index contributed by atoms with van der Waals surface area (Å²) in [5.74, 6) is -1.00. The molecule has 0 spiro atoms. The number of ether oxygens (including phenoxy) is 1. The van der Waals surface area contributed by atoms with Gasteiger partial charge in [0.1, 0.15) is 0 Å². The summed E-state index contributed by atoms with van der Waals surface area (Å²) in [7, 11) is -3.97. The number of hydrogen-bond acceptors (Lipinski definition) is 4. The minimum atomic E-state index is -3.97. The highest BCUT2D eigenvalue weighted by Crippen LogP contribution is 2.20. The van der Waals surface area contributed by atoms with Gasteiger partial charge in [-0.05, 0) is 30.5 Å². The third-order valence-electron chi connectivity index (χ3n) is 2.63. The third-order valence-corrected chi connectivity index (χ3v) is 3.55. The van der Waals surface area contributed by atoms with Gasteiger partial charge in [-0.25, -0.2) is 17.9 Å². The zero-order valence-corrected chi connectivity index (χ0v) is 12.7. The SMILES string of the molecule is CC(C)CCNC(=O)COc1ccc(S(N)(=O)=O)cc1F. The van der Waals surface area contributed by atoms with Crippen LogP contribution in [0.2, 0.25) is 0 Å². The molecule has 0 bridgehead atoms. The molecule has 1 aromatic carbocycles. The Morgan fingerprint density at radius 1 is 1.43 bits per heavy atom. The first-order chi connectivity index (χ1) is 9.70. The second kappa shape index (κ2) is 7.37. The molecule has 21 heavy (non-hydrogen) atoms. The monoisotopic (exact) mass is 318 g/mol. The number of benzene rings is 1. The van der Waals surface area contributed by atoms with Crippen LogP contribution in [0.1, 0.15) is 20.3 Å². The second-order valence-electron chi connectivity index (χ2n) is 4.96. The fourth-order valence-corrected chi connectivity index (χ4v) is 2.00. The first-order valence-electron chi connectivity index (χ1n) is 6.42. The van der Waals surface area contributed by atoms with Crippen molar-refractivity contribution in [1.82, 2.24) is 5.32 Å². The van der Waals surface area contributed by atoms with Gasteiger partial charge in [0, 0.05) is 6.54 Å². The molecule has 6 nitrogen and oxygen atoms in total. The minimum Gasteiger partial charge on any atom is -0.481 e. The third kappa shape index (κ3) is 6.09. The number of nitrogens with two attached hydrogens (primary N) is 1. The molecule has 0 aromatic heterocycles. The molecule has 0 unspecified atom stereocenters. The Balaban J connectivity index is 2.54. The number of nitrogens with one attached hydrogen (secondary N) is 1. The molecule has 3 N–H and O–H groups in total. The summed E-state index contributed by atoms with van der Waals surface area (Å²) in [6.07, 6.45) is 0.836. The number of amides is 1. The van der Waals surface area contributed by atoms with Crippen LogP contribution >= 0.6 is 0 Å². The number of primary sulfonamides is 1. The van der Waals surface area contributed by atoms with Gasteiger partial charge in [-0.2, -0.15) is 0 Å². The maximum absolute atomic E-state index is 13.6. The Kier molecular flexibility index (Phi) is 6.10. The van der Waals surface area contributed by atoms with Crippen molar-refractivity contribution in [2.45, 2.75) is 25.2 Å². The Morgan fingerprint density at radius 3 is 2.62 bits per heavy atom. The van der Waals surface area contributed by atoms with E-state index in [2.05, 4.69) is 5.32 Å². The van der Waals surface area contributed by atoms with Crippen LogP contribution in [0.4, 0.5) is 4.39 Å². The predicted molar refractivity (Wildman–Crippen MR) is 75.7 cm³/mol. The topological polar surface area (TPSA) is 98.5 Å². The summed E-state index contributed by atoms with van der Waals surface area (Å²) >= 11 is 0. The van der Waals surface area contributed by atoms with E-state index in [1.54, 1.807) is 0 Å². The summed E-state index contributed by atoms with van der Waals surface area (Å²) in [6, 6.07) is 2.99. The number of rotatable bonds is 7. The lowest BCUT2D eigenvalue weighted by Gasteiger charge is -2.09. The molecule has 0 fully saturated rings. The zero-order valence-electron chi connectivity index (χ0n) is 11.9. The molecule has 0 aliphatic heterocycles. The molecule has 118 valence electrons. The lowest BCUT2D eigenvalue weighted by molar-refractivity contribution is -0.123. The van der Waals surface area contributed by atoms with Crippen LogP contribution in [-0.4, -0.2) is 27.5 Å². The van der Waals surface area contributed by atoms with Crippen molar-refractivity contribution < 1.29 is 22.3 Å². The van der Waals surface area contributed by atoms with Gasteiger partial charge in [0.05, 0.1) is 4.90 Å². The van der Waals surface area contributed by atoms with E-state index in [-0.39, 0.29) is 23.2 Å². The van der Waals surface area contributed by atoms with Crippen LogP contribution in [0.3, 0.4) is 0 Å². The number of carbonyl (C=O) groups excluding carboxylic acids is 1. The first-order valence-corrected chi connectivity index (χ1v) is 7.96. The molecule has 0 aliphatic carbocycles. The van der Waals surface area contributed by atoms with Crippen molar-refractivity contribution >= 4 is 15.9 Å². The van der Waals surface area contributed by atoms with Crippen LogP contribution in [0.15, 0.2) is 23.1 Å². The van der Waals surface area contributed by atoms with E-state index < -0.39 is 15.8 Å². The summed E-state index contributed by atoms with van der Waals surface area (Å²) in [6.45, 7) is 4.24. The Morgan fingerprint density at radius 2 is 2.10 bits per heavy atom. The molecule has 0 saturated carbocycles. The molecule has 0 atom stereocenters. The molecular formula is C13H19FN2O4S. The van der Waals surface area contributed by atoms with Crippen molar-refractivity contribution in [3.8, 4) is 5.75 Å². The average molecular weight is 318 g/mol. The van der Waals surface area contributed by atoms with Crippen LogP contribution in [0.25, 0.3) is 0 Å². The smallest absolute Gasteiger partial charge is 0.257 e. The molecular weight excluding hydrogens is 299 g/mol. The van der Waals surface area contributed by atoms with Crippen molar-refractivity contribution in [3.63, 3.8) is 0 Å². The van der Waals surface area contributed by atoms with Crippen molar-refractivity contribution in [1.29, 1.82) is 0 Å². The number of hydrogen-bond donors (Lipinski definition) is 2. The fraction of sp³-hybridized carbons (Fsp3) is 0.462. The van der Waals surface area contributed by atoms with Crippen molar-refractivity contribution in [2.24, 2.45) is 11.1 Å². The number of sulfonamides is 1. The molecule has 8 heteroatoms. The largest absolute Gasteiger partial charge is 0.481 e. The van der Waals surface area contributed by atoms with Gasteiger partial charge in [0.15, 0.2) is 18.2 Å². The number of halogens is 1. The van der Waals surface area contributed by atoms with Gasteiger partial charge in [-0.1, -0.05) is 13.8 Å². The van der Waals surface area contributed by atoms with E-state index in [0.717, 1.165) is 24.6 Å². The molecule has 1 amide bonds. The van der Waals surface area contributed by atoms with E-state index in [9.17, 15) is 17.6 Å². The van der Waals surface area contributed by atoms with Gasteiger partial charge in [0.25, 0.3) is 5.91 Å². The van der Waals surface area contributed by atoms with E-state index in [1.165, 1.54) is 0 Å². The second-order valence-corrected chi connectivity index (χ2v) is 6.52. The molecule has 1 aromatic rings. The highest BCUT2D eigenvalue weighted by Gasteiger charge is 2.13. The van der Waals surface area contributed by atoms with Crippen LogP contribution in [0, 0.1) is 11.7 Å². The Bertz CT molecular complexity index is 602. The number of carbonyl (C=O) groups is 1. The lowest BCUT2D eigenvalue weighted by Crippen LogP contribution is -2.30. The van der Waals surface area contributed by atoms with Crippen LogP contribution < -0.4 is 15.2 Å². The Hall–Kier alpha value is -1.67. The Labute approximate surface area is 123 Å². The maximum Gasteiger partial charge on any atom is 0.257 e. The van der Waals surface area contributed by atoms with E-state index in [0.29, 0.717) is 12.5 Å². The van der Waals surface area contributed by atoms with Gasteiger partial charge >= 0.3 is 0 Å². The predicted octanol–water partition coefficient (Wildman–Crippen LogP) is 1.01. The summed E-state index contributed by atoms with van der Waals surface area (Å²) in [5, 5.41) is 7.51. The summed E-state index contributed by atoms with van der Waals surface area (Å²) in [5.41, 5.74) is 0. The lowest BCUT2D eigenvalue weighted by atomic mass is 10.1. The first kappa shape index (κ1) is 17.4. The van der Waals surface area contributed by atoms with Gasteiger partial charge in [0.2, 0.25) is 10.0 Å². The van der Waals surface area contributed by atoms with Crippen molar-refractivity contribution in [3.05, 3.63) is 24.0 Å². The van der Waals surface area contributed by atoms with E-state index in [4.69, 9.17) is 9.88 Å². The van der Waals surface area contributed by atoms with Crippen LogP contribution in [0.5, 0.6) is 5.75 Å². The highest BCUT2D eigenvalue weighted by atomic mass is 32.2. The minimum absolute atomic E-state index is 0.207. The standard InChI is InChI=1S/C13H19FN2O4S/c1-9(2)5-6-16-13(17)8-20-12-4-3-10(7-11(12)14)21(15,18)19/h3-4,7,9H,5-6,8H2,1-2H3,(H,16,17)(H2,15,18,19). The zero-order chi connectivity index (χ0) is 16.0.